The molecule has 5 atom stereocenters. The van der Waals surface area contributed by atoms with E-state index in [9.17, 15) is 57.2 Å². The number of fused-ring (bicyclic) bond motifs is 1. The van der Waals surface area contributed by atoms with Gasteiger partial charge in [-0.15, -0.1) is 20.4 Å². The number of nitrogens with one attached hydrogen (secondary N) is 8. The van der Waals surface area contributed by atoms with Crippen molar-refractivity contribution in [1.82, 2.24) is 89.9 Å². The van der Waals surface area contributed by atoms with Crippen molar-refractivity contribution in [1.29, 1.82) is 0 Å². The quantitative estimate of drug-likeness (QED) is 0.0175. The number of rotatable bonds is 27. The summed E-state index contributed by atoms with van der Waals surface area (Å²) in [5.41, 5.74) is 8.96. The minimum absolute atomic E-state index is 0.184. The molecule has 11 rings (SSSR count). The summed E-state index contributed by atoms with van der Waals surface area (Å²) < 4.78 is 143. The zero-order chi connectivity index (χ0) is 88.5. The molecule has 0 spiro atoms. The van der Waals surface area contributed by atoms with E-state index in [0.717, 1.165) is 62.7 Å². The van der Waals surface area contributed by atoms with E-state index in [-0.39, 0.29) is 36.0 Å². The Bertz CT molecular complexity index is 5830. The molecule has 120 heavy (non-hydrogen) atoms. The van der Waals surface area contributed by atoms with Gasteiger partial charge in [0.15, 0.2) is 52.2 Å². The highest BCUT2D eigenvalue weighted by atomic mass is 32.2. The summed E-state index contributed by atoms with van der Waals surface area (Å²) in [5, 5.41) is 42.5. The van der Waals surface area contributed by atoms with Crippen LogP contribution in [0.5, 0.6) is 0 Å². The second-order valence-electron chi connectivity index (χ2n) is 28.4. The van der Waals surface area contributed by atoms with Crippen LogP contribution in [0, 0.1) is 40.5 Å². The summed E-state index contributed by atoms with van der Waals surface area (Å²) in [4.78, 5) is 75.1. The van der Waals surface area contributed by atoms with E-state index in [2.05, 4.69) is 132 Å². The van der Waals surface area contributed by atoms with Crippen molar-refractivity contribution < 1.29 is 76.2 Å². The molecular formula is C73H97FN26O16S4. The molecule has 0 fully saturated rings. The van der Waals surface area contributed by atoms with Gasteiger partial charge in [0.25, 0.3) is 0 Å². The number of unbranched alkanes of at least 4 members (excludes halogenated alkanes) is 2. The van der Waals surface area contributed by atoms with Crippen LogP contribution >= 0.6 is 0 Å². The molecule has 646 valence electrons. The molecule has 42 nitrogen and oxygen atoms in total. The average molecular weight is 1740 g/mol. The van der Waals surface area contributed by atoms with Crippen molar-refractivity contribution in [3.05, 3.63) is 130 Å². The predicted molar refractivity (Wildman–Crippen MR) is 446 cm³/mol. The summed E-state index contributed by atoms with van der Waals surface area (Å²) in [7, 11) is -7.27. The molecule has 0 aliphatic heterocycles. The van der Waals surface area contributed by atoms with E-state index in [0.29, 0.717) is 120 Å². The Hall–Kier alpha value is -12.5. The summed E-state index contributed by atoms with van der Waals surface area (Å²) in [6, 6.07) is 19.7. The fourth-order valence-electron chi connectivity index (χ4n) is 11.8. The molecule has 8 N–H and O–H groups in total. The summed E-state index contributed by atoms with van der Waals surface area (Å²) >= 11 is 0. The third kappa shape index (κ3) is 27.0. The largest absolute Gasteiger partial charge is 0.446 e. The maximum absolute atomic E-state index is 14.4. The number of alkyl halides is 1. The Morgan fingerprint density at radius 3 is 1.17 bits per heavy atom. The zero-order valence-electron chi connectivity index (χ0n) is 69.4. The minimum Gasteiger partial charge on any atom is -0.446 e. The third-order valence-electron chi connectivity index (χ3n) is 17.3. The number of nitrogens with zero attached hydrogens (tertiary/aromatic N) is 18. The third-order valence-corrected chi connectivity index (χ3v) is 19.7. The van der Waals surface area contributed by atoms with Crippen LogP contribution in [0.1, 0.15) is 131 Å². The number of aryl methyl sites for hydroxylation is 9. The van der Waals surface area contributed by atoms with Gasteiger partial charge in [0, 0.05) is 52.1 Å². The van der Waals surface area contributed by atoms with Crippen molar-refractivity contribution in [2.45, 2.75) is 145 Å². The van der Waals surface area contributed by atoms with Gasteiger partial charge in [-0.2, -0.15) is 0 Å². The highest BCUT2D eigenvalue weighted by Crippen LogP contribution is 2.38. The van der Waals surface area contributed by atoms with Crippen LogP contribution in [0.25, 0.3) is 45.6 Å². The van der Waals surface area contributed by atoms with Crippen LogP contribution in [-0.4, -0.2) is 191 Å². The first-order valence-corrected chi connectivity index (χ1v) is 44.6. The first-order chi connectivity index (χ1) is 56.2. The number of halogens is 1. The number of ether oxygens (including phenoxy) is 4. The molecule has 0 bridgehead atoms. The smallest absolute Gasteiger partial charge is 0.413 e. The van der Waals surface area contributed by atoms with E-state index < -0.39 is 82.8 Å². The normalized spacial score (nSPS) is 13.8. The van der Waals surface area contributed by atoms with Gasteiger partial charge in [-0.25, -0.2) is 106 Å². The number of carbonyl (C=O) groups excluding carboxylic acids is 4. The molecule has 47 heteroatoms. The number of sulfonamides is 4. The molecule has 1 aromatic carbocycles. The molecule has 9 aromatic heterocycles. The van der Waals surface area contributed by atoms with Crippen molar-refractivity contribution in [2.75, 3.05) is 65.2 Å². The molecule has 1 aliphatic carbocycles. The molecular weight excluding hydrogens is 1640 g/mol. The van der Waals surface area contributed by atoms with Crippen molar-refractivity contribution >= 4 is 110 Å². The van der Waals surface area contributed by atoms with Crippen LogP contribution in [-0.2, 0) is 93.7 Å². The van der Waals surface area contributed by atoms with Gasteiger partial charge < -0.3 is 18.9 Å². The first-order valence-electron chi connectivity index (χ1n) is 37.0. The van der Waals surface area contributed by atoms with Crippen molar-refractivity contribution in [3.8, 4) is 45.6 Å². The van der Waals surface area contributed by atoms with E-state index in [1.54, 1.807) is 137 Å². The number of benzene rings is 1. The van der Waals surface area contributed by atoms with E-state index in [1.165, 1.54) is 25.1 Å². The lowest BCUT2D eigenvalue weighted by Crippen LogP contribution is -2.22. The number of amides is 4. The molecule has 9 heterocycles. The number of carbonyl (C=O) groups is 4. The van der Waals surface area contributed by atoms with Gasteiger partial charge in [0.1, 0.15) is 30.8 Å². The van der Waals surface area contributed by atoms with Crippen LogP contribution in [0.4, 0.5) is 69.6 Å². The molecule has 1 aliphatic rings. The molecule has 0 saturated heterocycles. The Morgan fingerprint density at radius 2 is 0.825 bits per heavy atom. The lowest BCUT2D eigenvalue weighted by Gasteiger charge is -2.16. The topological polar surface area (TPSA) is 538 Å². The lowest BCUT2D eigenvalue weighted by atomic mass is 10.1. The molecule has 4 amide bonds. The monoisotopic (exact) mass is 1740 g/mol. The van der Waals surface area contributed by atoms with Crippen molar-refractivity contribution in [3.63, 3.8) is 0 Å². The van der Waals surface area contributed by atoms with Crippen molar-refractivity contribution in [2.24, 2.45) is 34.1 Å². The SMILES string of the molecule is CCCCC[C@@H](C)OC(=O)Nc1c(-c2ccc(NS(C)(=O)=O)c(C)n2)nnn1C.Cc1nc(-c2nnn(C)c2NC(=O)OC2c3ccccc3CC2F)ccc1NS(C)(=O)=O.Cc1nc(-c2nnn(C)c2NC(=O)O[C@H](C)CC(C)C)ccc1NS(C)(=O)=O.Cc1nc(-c2nnn(C)c2NC(=O)O[C@H](C)c2cncnc2C)ccc1NS(C)(=O)=O. The minimum atomic E-state index is -3.46. The van der Waals surface area contributed by atoms with Gasteiger partial charge in [0.2, 0.25) is 40.1 Å². The predicted octanol–water partition coefficient (Wildman–Crippen LogP) is 10.3. The van der Waals surface area contributed by atoms with E-state index in [4.69, 9.17) is 18.9 Å². The fraction of sp³-hybridized carbons (Fsp3) is 0.425. The van der Waals surface area contributed by atoms with Gasteiger partial charge in [0.05, 0.1) is 93.3 Å². The summed E-state index contributed by atoms with van der Waals surface area (Å²) in [6.07, 6.45) is 6.08. The van der Waals surface area contributed by atoms with Crippen LogP contribution in [0.15, 0.2) is 85.3 Å². The lowest BCUT2D eigenvalue weighted by molar-refractivity contribution is 0.0626. The number of hydrogen-bond acceptors (Lipinski definition) is 30. The maximum atomic E-state index is 14.4. The number of pyridine rings is 4. The highest BCUT2D eigenvalue weighted by molar-refractivity contribution is 7.92. The molecule has 2 unspecified atom stereocenters. The van der Waals surface area contributed by atoms with E-state index >= 15 is 0 Å². The first kappa shape index (κ1) is 93.0. The molecule has 10 aromatic rings. The standard InChI is InChI=1S/C20H21FN6O4S.C18H22N8O4S.C18H28N6O4S.C17H26N6O4S/c1-11-15(25-32(3,29)30)8-9-16(22-11)17-19(27(2)26-24-17)23-20(28)31-18-13-7-5-4-6-12(13)10-14(18)21;1-10-13(8-19-9-20-10)12(3)30-18(27)22-17-16(23-25-26(17)4)15-7-6-14(11(2)21-15)24-31(5,28)29;1-6-7-8-9-12(2)28-18(25)20-17-16(21-23-24(17)4)15-11-10-14(13(3)19-15)22-29(5,26)27;1-10(2)9-11(3)27-17(24)19-16-15(20-22-23(16)5)14-8-7-13(12(4)18-14)21-28(6,25)26/h4-9,14,18,25H,10H2,1-3H3,(H,23,28);6-9,12,24H,1-5H3,(H,22,27);10-12,22H,6-9H2,1-5H3,(H,20,25);7-8,10-11,21H,9H2,1-6H3,(H,19,24)/t;2*12-;11-/m.111/s1. The average Bonchev–Trinajstić information content (AvgIpc) is 1.68. The number of anilines is 8. The zero-order valence-corrected chi connectivity index (χ0v) is 72.6. The number of aromatic nitrogens is 18. The second kappa shape index (κ2) is 40.3. The number of hydrogen-bond donors (Lipinski definition) is 8. The fourth-order valence-corrected chi connectivity index (χ4v) is 14.3. The van der Waals surface area contributed by atoms with Crippen LogP contribution < -0.4 is 40.2 Å². The molecule has 0 radical (unpaired) electrons. The highest BCUT2D eigenvalue weighted by Gasteiger charge is 2.36. The van der Waals surface area contributed by atoms with Gasteiger partial charge in [-0.05, 0) is 140 Å². The maximum Gasteiger partial charge on any atom is 0.413 e. The Kier molecular flexibility index (Phi) is 31.2. The van der Waals surface area contributed by atoms with Crippen LogP contribution in [0.2, 0.25) is 0 Å². The van der Waals surface area contributed by atoms with Gasteiger partial charge in [-0.1, -0.05) is 78.7 Å². The van der Waals surface area contributed by atoms with Gasteiger partial charge >= 0.3 is 24.4 Å². The summed E-state index contributed by atoms with van der Waals surface area (Å²) in [5.74, 6) is 1.55. The summed E-state index contributed by atoms with van der Waals surface area (Å²) in [6.45, 7) is 20.1. The Morgan fingerprint density at radius 1 is 0.475 bits per heavy atom. The molecule has 0 saturated carbocycles. The van der Waals surface area contributed by atoms with Gasteiger partial charge in [-0.3, -0.25) is 40.2 Å². The Balaban J connectivity index is 0.000000199. The van der Waals surface area contributed by atoms with Crippen LogP contribution in [0.3, 0.4) is 0 Å². The second-order valence-corrected chi connectivity index (χ2v) is 35.4. The Labute approximate surface area is 693 Å². The van der Waals surface area contributed by atoms with E-state index in [1.807, 2.05) is 26.0 Å².